The van der Waals surface area contributed by atoms with E-state index in [1.54, 1.807) is 28.4 Å². The van der Waals surface area contributed by atoms with Gasteiger partial charge in [0.2, 0.25) is 5.91 Å². The van der Waals surface area contributed by atoms with Crippen LogP contribution in [0.3, 0.4) is 0 Å². The Kier molecular flexibility index (Phi) is 7.71. The van der Waals surface area contributed by atoms with Crippen LogP contribution in [0.1, 0.15) is 53.2 Å². The summed E-state index contributed by atoms with van der Waals surface area (Å²) in [6.45, 7) is 8.07. The van der Waals surface area contributed by atoms with E-state index in [4.69, 9.17) is 16.3 Å². The molecule has 0 aliphatic carbocycles. The highest BCUT2D eigenvalue weighted by Crippen LogP contribution is 2.34. The van der Waals surface area contributed by atoms with Crippen molar-refractivity contribution < 1.29 is 18.7 Å². The number of rotatable bonds is 6. The highest BCUT2D eigenvalue weighted by Gasteiger charge is 2.36. The van der Waals surface area contributed by atoms with Crippen LogP contribution in [-0.2, 0) is 11.2 Å². The molecule has 190 valence electrons. The predicted molar refractivity (Wildman–Crippen MR) is 141 cm³/mol. The first-order valence-electron chi connectivity index (χ1n) is 11.9. The predicted octanol–water partition coefficient (Wildman–Crippen LogP) is 6.29. The molecule has 36 heavy (non-hydrogen) atoms. The molecular formula is C28H30ClFN2O3S. The average molecular weight is 529 g/mol. The molecule has 2 aromatic carbocycles. The molecule has 1 aliphatic rings. The molecule has 1 aromatic heterocycles. The quantitative estimate of drug-likeness (QED) is 0.377. The molecule has 0 unspecified atom stereocenters. The van der Waals surface area contributed by atoms with Crippen molar-refractivity contribution in [3.63, 3.8) is 0 Å². The van der Waals surface area contributed by atoms with E-state index < -0.39 is 17.3 Å². The van der Waals surface area contributed by atoms with Gasteiger partial charge in [-0.1, -0.05) is 23.7 Å². The van der Waals surface area contributed by atoms with Gasteiger partial charge >= 0.3 is 0 Å². The summed E-state index contributed by atoms with van der Waals surface area (Å²) in [5.41, 5.74) is 1.24. The Bertz CT molecular complexity index is 1270. The van der Waals surface area contributed by atoms with Gasteiger partial charge in [0.05, 0.1) is 11.6 Å². The zero-order valence-corrected chi connectivity index (χ0v) is 22.5. The fraction of sp³-hybridized carbons (Fsp3) is 0.357. The van der Waals surface area contributed by atoms with Gasteiger partial charge in [-0.05, 0) is 87.0 Å². The second-order valence-electron chi connectivity index (χ2n) is 9.92. The van der Waals surface area contributed by atoms with Crippen molar-refractivity contribution in [1.82, 2.24) is 9.80 Å². The van der Waals surface area contributed by atoms with E-state index in [0.29, 0.717) is 17.3 Å². The molecule has 2 amide bonds. The van der Waals surface area contributed by atoms with Gasteiger partial charge < -0.3 is 14.5 Å². The number of halogens is 2. The SMILES string of the molecule is Cc1cc(OC[C@@H]2c3ccsc3CCN2C(=O)CN(C(=O)c2ccccc2F)C(C)(C)C)ccc1Cl. The number of benzene rings is 2. The maximum atomic E-state index is 14.4. The van der Waals surface area contributed by atoms with E-state index in [9.17, 15) is 14.0 Å². The number of nitrogens with zero attached hydrogens (tertiary/aromatic N) is 2. The summed E-state index contributed by atoms with van der Waals surface area (Å²) >= 11 is 7.82. The van der Waals surface area contributed by atoms with E-state index >= 15 is 0 Å². The molecule has 0 spiro atoms. The number of thiophene rings is 1. The molecular weight excluding hydrogens is 499 g/mol. The summed E-state index contributed by atoms with van der Waals surface area (Å²) in [5, 5.41) is 2.69. The molecule has 0 saturated carbocycles. The highest BCUT2D eigenvalue weighted by atomic mass is 35.5. The Labute approximate surface area is 220 Å². The maximum Gasteiger partial charge on any atom is 0.257 e. The third-order valence-corrected chi connectivity index (χ3v) is 7.83. The van der Waals surface area contributed by atoms with Gasteiger partial charge in [-0.15, -0.1) is 11.3 Å². The first-order valence-corrected chi connectivity index (χ1v) is 13.1. The van der Waals surface area contributed by atoms with Crippen molar-refractivity contribution in [2.75, 3.05) is 19.7 Å². The van der Waals surface area contributed by atoms with Crippen molar-refractivity contribution in [2.45, 2.75) is 45.7 Å². The topological polar surface area (TPSA) is 49.9 Å². The van der Waals surface area contributed by atoms with Gasteiger partial charge in [0.1, 0.15) is 24.7 Å². The number of fused-ring (bicyclic) bond motifs is 1. The molecule has 4 rings (SSSR count). The molecule has 5 nitrogen and oxygen atoms in total. The largest absolute Gasteiger partial charge is 0.491 e. The molecule has 0 radical (unpaired) electrons. The average Bonchev–Trinajstić information content (AvgIpc) is 3.31. The van der Waals surface area contributed by atoms with Gasteiger partial charge in [-0.25, -0.2) is 4.39 Å². The lowest BCUT2D eigenvalue weighted by molar-refractivity contribution is -0.136. The Balaban J connectivity index is 1.57. The maximum absolute atomic E-state index is 14.4. The number of hydrogen-bond acceptors (Lipinski definition) is 4. The Morgan fingerprint density at radius 3 is 2.64 bits per heavy atom. The van der Waals surface area contributed by atoms with Crippen LogP contribution in [0.15, 0.2) is 53.9 Å². The van der Waals surface area contributed by atoms with Crippen molar-refractivity contribution >= 4 is 34.8 Å². The molecule has 0 N–H and O–H groups in total. The third kappa shape index (κ3) is 5.57. The standard InChI is InChI=1S/C28H30ClFN2O3S/c1-18-15-19(9-10-22(18)29)35-17-24-21-12-14-36-25(21)11-13-31(24)26(33)16-32(28(2,3)4)27(34)20-7-5-6-8-23(20)30/h5-10,12,14-15,24H,11,13,16-17H2,1-4H3/t24-/m1/s1. The molecule has 3 aromatic rings. The van der Waals surface area contributed by atoms with Crippen LogP contribution in [0, 0.1) is 12.7 Å². The Morgan fingerprint density at radius 2 is 1.94 bits per heavy atom. The van der Waals surface area contributed by atoms with Crippen LogP contribution in [0.4, 0.5) is 4.39 Å². The fourth-order valence-corrected chi connectivity index (χ4v) is 5.42. The van der Waals surface area contributed by atoms with Crippen molar-refractivity contribution in [2.24, 2.45) is 0 Å². The number of aryl methyl sites for hydroxylation is 1. The number of carbonyl (C=O) groups excluding carboxylic acids is 2. The van der Waals surface area contributed by atoms with Crippen LogP contribution >= 0.6 is 22.9 Å². The first kappa shape index (κ1) is 26.2. The van der Waals surface area contributed by atoms with Gasteiger partial charge in [-0.3, -0.25) is 9.59 Å². The summed E-state index contributed by atoms with van der Waals surface area (Å²) in [5.74, 6) is -0.633. The van der Waals surface area contributed by atoms with Crippen LogP contribution in [-0.4, -0.2) is 46.8 Å². The lowest BCUT2D eigenvalue weighted by Crippen LogP contribution is -2.53. The molecule has 0 saturated heterocycles. The van der Waals surface area contributed by atoms with E-state index in [-0.39, 0.29) is 30.7 Å². The minimum absolute atomic E-state index is 0.0445. The van der Waals surface area contributed by atoms with E-state index in [0.717, 1.165) is 17.5 Å². The fourth-order valence-electron chi connectivity index (χ4n) is 4.38. The number of ether oxygens (including phenoxy) is 1. The zero-order chi connectivity index (χ0) is 26.0. The number of amides is 2. The first-order chi connectivity index (χ1) is 17.1. The van der Waals surface area contributed by atoms with Gasteiger partial charge in [0.15, 0.2) is 0 Å². The zero-order valence-electron chi connectivity index (χ0n) is 20.9. The van der Waals surface area contributed by atoms with E-state index in [1.165, 1.54) is 28.0 Å². The Morgan fingerprint density at radius 1 is 1.19 bits per heavy atom. The molecule has 0 fully saturated rings. The van der Waals surface area contributed by atoms with E-state index in [1.807, 2.05) is 51.3 Å². The van der Waals surface area contributed by atoms with Crippen molar-refractivity contribution in [1.29, 1.82) is 0 Å². The minimum Gasteiger partial charge on any atom is -0.491 e. The molecule has 1 atom stereocenters. The minimum atomic E-state index is -0.689. The number of carbonyl (C=O) groups is 2. The molecule has 1 aliphatic heterocycles. The third-order valence-electron chi connectivity index (χ3n) is 6.41. The normalized spacial score (nSPS) is 15.4. The van der Waals surface area contributed by atoms with Crippen LogP contribution in [0.25, 0.3) is 0 Å². The highest BCUT2D eigenvalue weighted by molar-refractivity contribution is 7.10. The van der Waals surface area contributed by atoms with Crippen LogP contribution < -0.4 is 4.74 Å². The van der Waals surface area contributed by atoms with Crippen LogP contribution in [0.5, 0.6) is 5.75 Å². The van der Waals surface area contributed by atoms with Gasteiger partial charge in [0, 0.05) is 22.0 Å². The van der Waals surface area contributed by atoms with Gasteiger partial charge in [0.25, 0.3) is 5.91 Å². The summed E-state index contributed by atoms with van der Waals surface area (Å²) < 4.78 is 20.5. The molecule has 8 heteroatoms. The smallest absolute Gasteiger partial charge is 0.257 e. The molecule has 0 bridgehead atoms. The molecule has 2 heterocycles. The van der Waals surface area contributed by atoms with Gasteiger partial charge in [-0.2, -0.15) is 0 Å². The number of hydrogen-bond donors (Lipinski definition) is 0. The van der Waals surface area contributed by atoms with Crippen molar-refractivity contribution in [3.8, 4) is 5.75 Å². The van der Waals surface area contributed by atoms with E-state index in [2.05, 4.69) is 0 Å². The second kappa shape index (κ2) is 10.6. The lowest BCUT2D eigenvalue weighted by atomic mass is 9.99. The summed E-state index contributed by atoms with van der Waals surface area (Å²) in [6, 6.07) is 13.1. The summed E-state index contributed by atoms with van der Waals surface area (Å²) in [7, 11) is 0. The summed E-state index contributed by atoms with van der Waals surface area (Å²) in [4.78, 5) is 31.5. The lowest BCUT2D eigenvalue weighted by Gasteiger charge is -2.40. The van der Waals surface area contributed by atoms with Crippen LogP contribution in [0.2, 0.25) is 5.02 Å². The summed E-state index contributed by atoms with van der Waals surface area (Å²) in [6.07, 6.45) is 0.742. The van der Waals surface area contributed by atoms with Crippen molar-refractivity contribution in [3.05, 3.63) is 86.3 Å². The monoisotopic (exact) mass is 528 g/mol. The Hall–Kier alpha value is -2.90. The second-order valence-corrected chi connectivity index (χ2v) is 11.3.